The second kappa shape index (κ2) is 3.25. The predicted molar refractivity (Wildman–Crippen MR) is 50.5 cm³/mol. The van der Waals surface area contributed by atoms with Gasteiger partial charge in [0.15, 0.2) is 0 Å². The lowest BCUT2D eigenvalue weighted by Gasteiger charge is -2.05. The Hall–Kier alpha value is -0.520. The van der Waals surface area contributed by atoms with Crippen molar-refractivity contribution >= 4 is 0 Å². The third kappa shape index (κ3) is 1.95. The standard InChI is InChI=1S/C11H18/c1-8(2)10(4)11-6-5-9(3)7-11/h6,9H,5,7H2,1-4H3. The van der Waals surface area contributed by atoms with Crippen LogP contribution in [0.25, 0.3) is 0 Å². The topological polar surface area (TPSA) is 0 Å². The Morgan fingerprint density at radius 1 is 1.36 bits per heavy atom. The molecule has 1 aliphatic rings. The van der Waals surface area contributed by atoms with Gasteiger partial charge in [-0.15, -0.1) is 0 Å². The SMILES string of the molecule is CC(C)=C(C)C1=CCC(C)C1. The van der Waals surface area contributed by atoms with Gasteiger partial charge in [0.05, 0.1) is 0 Å². The fourth-order valence-electron chi connectivity index (χ4n) is 1.51. The molecule has 1 rings (SSSR count). The van der Waals surface area contributed by atoms with E-state index < -0.39 is 0 Å². The van der Waals surface area contributed by atoms with Crippen LogP contribution in [0.5, 0.6) is 0 Å². The van der Waals surface area contributed by atoms with Crippen molar-refractivity contribution in [3.63, 3.8) is 0 Å². The Kier molecular flexibility index (Phi) is 2.53. The van der Waals surface area contributed by atoms with E-state index in [4.69, 9.17) is 0 Å². The minimum atomic E-state index is 0.874. The van der Waals surface area contributed by atoms with Crippen molar-refractivity contribution in [1.82, 2.24) is 0 Å². The maximum Gasteiger partial charge on any atom is -0.0251 e. The van der Waals surface area contributed by atoms with Crippen LogP contribution < -0.4 is 0 Å². The molecule has 11 heavy (non-hydrogen) atoms. The molecule has 0 aromatic rings. The van der Waals surface area contributed by atoms with E-state index in [1.165, 1.54) is 24.0 Å². The predicted octanol–water partition coefficient (Wildman–Crippen LogP) is 3.70. The zero-order valence-corrected chi connectivity index (χ0v) is 8.07. The van der Waals surface area contributed by atoms with Gasteiger partial charge in [0.1, 0.15) is 0 Å². The lowest BCUT2D eigenvalue weighted by Crippen LogP contribution is -1.88. The molecular weight excluding hydrogens is 132 g/mol. The lowest BCUT2D eigenvalue weighted by molar-refractivity contribution is 0.629. The van der Waals surface area contributed by atoms with Gasteiger partial charge in [-0.05, 0) is 50.7 Å². The number of rotatable bonds is 1. The molecule has 0 saturated heterocycles. The molecule has 0 bridgehead atoms. The number of hydrogen-bond acceptors (Lipinski definition) is 0. The van der Waals surface area contributed by atoms with Crippen LogP contribution in [-0.4, -0.2) is 0 Å². The molecule has 0 heterocycles. The fourth-order valence-corrected chi connectivity index (χ4v) is 1.51. The van der Waals surface area contributed by atoms with E-state index in [0.29, 0.717) is 0 Å². The van der Waals surface area contributed by atoms with E-state index >= 15 is 0 Å². The highest BCUT2D eigenvalue weighted by Crippen LogP contribution is 2.30. The van der Waals surface area contributed by atoms with Crippen LogP contribution in [0.15, 0.2) is 22.8 Å². The van der Waals surface area contributed by atoms with Gasteiger partial charge in [-0.25, -0.2) is 0 Å². The van der Waals surface area contributed by atoms with Crippen molar-refractivity contribution in [3.05, 3.63) is 22.8 Å². The molecule has 62 valence electrons. The van der Waals surface area contributed by atoms with Gasteiger partial charge in [0, 0.05) is 0 Å². The highest BCUT2D eigenvalue weighted by molar-refractivity contribution is 5.34. The molecule has 0 fully saturated rings. The molecule has 1 unspecified atom stereocenters. The summed E-state index contributed by atoms with van der Waals surface area (Å²) in [6, 6.07) is 0. The third-order valence-electron chi connectivity index (χ3n) is 2.57. The van der Waals surface area contributed by atoms with E-state index in [0.717, 1.165) is 5.92 Å². The summed E-state index contributed by atoms with van der Waals surface area (Å²) in [5, 5.41) is 0. The zero-order valence-electron chi connectivity index (χ0n) is 8.07. The summed E-state index contributed by atoms with van der Waals surface area (Å²) >= 11 is 0. The summed E-state index contributed by atoms with van der Waals surface area (Å²) in [5.41, 5.74) is 4.55. The van der Waals surface area contributed by atoms with Crippen LogP contribution in [0.2, 0.25) is 0 Å². The minimum Gasteiger partial charge on any atom is -0.0808 e. The van der Waals surface area contributed by atoms with Gasteiger partial charge in [-0.3, -0.25) is 0 Å². The Morgan fingerprint density at radius 2 is 2.00 bits per heavy atom. The minimum absolute atomic E-state index is 0.874. The van der Waals surface area contributed by atoms with E-state index in [1.54, 1.807) is 5.57 Å². The maximum atomic E-state index is 2.40. The first-order valence-corrected chi connectivity index (χ1v) is 4.44. The van der Waals surface area contributed by atoms with E-state index in [9.17, 15) is 0 Å². The second-order valence-corrected chi connectivity index (χ2v) is 3.90. The van der Waals surface area contributed by atoms with Gasteiger partial charge >= 0.3 is 0 Å². The van der Waals surface area contributed by atoms with Gasteiger partial charge in [0.2, 0.25) is 0 Å². The van der Waals surface area contributed by atoms with Gasteiger partial charge in [-0.1, -0.05) is 18.6 Å². The van der Waals surface area contributed by atoms with Crippen molar-refractivity contribution in [2.45, 2.75) is 40.5 Å². The van der Waals surface area contributed by atoms with Crippen LogP contribution in [-0.2, 0) is 0 Å². The normalized spacial score (nSPS) is 23.3. The second-order valence-electron chi connectivity index (χ2n) is 3.90. The van der Waals surface area contributed by atoms with Crippen molar-refractivity contribution < 1.29 is 0 Å². The number of hydrogen-bond donors (Lipinski definition) is 0. The molecule has 0 radical (unpaired) electrons. The Labute approximate surface area is 70.0 Å². The van der Waals surface area contributed by atoms with Crippen molar-refractivity contribution in [3.8, 4) is 0 Å². The van der Waals surface area contributed by atoms with Crippen LogP contribution >= 0.6 is 0 Å². The Balaban J connectivity index is 2.71. The summed E-state index contributed by atoms with van der Waals surface area (Å²) in [6.45, 7) is 8.94. The van der Waals surface area contributed by atoms with E-state index in [1.807, 2.05) is 0 Å². The molecule has 1 atom stereocenters. The summed E-state index contributed by atoms with van der Waals surface area (Å²) in [5.74, 6) is 0.874. The van der Waals surface area contributed by atoms with Crippen molar-refractivity contribution in [1.29, 1.82) is 0 Å². The first-order chi connectivity index (χ1) is 5.11. The van der Waals surface area contributed by atoms with E-state index in [-0.39, 0.29) is 0 Å². The van der Waals surface area contributed by atoms with Crippen LogP contribution in [0.4, 0.5) is 0 Å². The summed E-state index contributed by atoms with van der Waals surface area (Å²) in [6.07, 6.45) is 4.96. The molecule has 0 saturated carbocycles. The smallest absolute Gasteiger partial charge is 0.0251 e. The third-order valence-corrected chi connectivity index (χ3v) is 2.57. The highest BCUT2D eigenvalue weighted by atomic mass is 14.2. The average Bonchev–Trinajstić information content (AvgIpc) is 2.34. The van der Waals surface area contributed by atoms with Crippen molar-refractivity contribution in [2.24, 2.45) is 5.92 Å². The van der Waals surface area contributed by atoms with Gasteiger partial charge in [0.25, 0.3) is 0 Å². The Bertz CT molecular complexity index is 202. The molecule has 1 aliphatic carbocycles. The molecular formula is C11H18. The highest BCUT2D eigenvalue weighted by Gasteiger charge is 2.13. The average molecular weight is 150 g/mol. The summed E-state index contributed by atoms with van der Waals surface area (Å²) in [4.78, 5) is 0. The van der Waals surface area contributed by atoms with Gasteiger partial charge in [-0.2, -0.15) is 0 Å². The quantitative estimate of drug-likeness (QED) is 0.534. The number of allylic oxidation sites excluding steroid dienone is 4. The Morgan fingerprint density at radius 3 is 2.36 bits per heavy atom. The fraction of sp³-hybridized carbons (Fsp3) is 0.636. The van der Waals surface area contributed by atoms with Gasteiger partial charge < -0.3 is 0 Å². The van der Waals surface area contributed by atoms with Crippen LogP contribution in [0, 0.1) is 5.92 Å². The first-order valence-electron chi connectivity index (χ1n) is 4.44. The van der Waals surface area contributed by atoms with Crippen molar-refractivity contribution in [2.75, 3.05) is 0 Å². The van der Waals surface area contributed by atoms with Crippen LogP contribution in [0.1, 0.15) is 40.5 Å². The zero-order chi connectivity index (χ0) is 8.43. The summed E-state index contributed by atoms with van der Waals surface area (Å²) in [7, 11) is 0. The molecule has 0 aromatic carbocycles. The van der Waals surface area contributed by atoms with E-state index in [2.05, 4.69) is 33.8 Å². The molecule has 0 spiro atoms. The molecule has 0 nitrogen and oxygen atoms in total. The molecule has 0 N–H and O–H groups in total. The first kappa shape index (κ1) is 8.58. The summed E-state index contributed by atoms with van der Waals surface area (Å²) < 4.78 is 0. The lowest BCUT2D eigenvalue weighted by atomic mass is 10.0. The monoisotopic (exact) mass is 150 g/mol. The largest absolute Gasteiger partial charge is 0.0808 e. The molecule has 0 aromatic heterocycles. The molecule has 0 amide bonds. The van der Waals surface area contributed by atoms with Crippen LogP contribution in [0.3, 0.4) is 0 Å². The molecule has 0 heteroatoms. The molecule has 0 aliphatic heterocycles. The maximum absolute atomic E-state index is 2.40.